The largest absolute Gasteiger partial charge is 0.493 e. The maximum Gasteiger partial charge on any atom is 0.302 e. The van der Waals surface area contributed by atoms with Crippen LogP contribution in [0.15, 0.2) is 58.5 Å². The van der Waals surface area contributed by atoms with E-state index in [9.17, 15) is 9.59 Å². The van der Waals surface area contributed by atoms with Crippen LogP contribution in [0.2, 0.25) is 0 Å². The molecule has 1 aliphatic heterocycles. The molecule has 10 nitrogen and oxygen atoms in total. The Morgan fingerprint density at radius 1 is 0.800 bits per heavy atom. The Hall–Kier alpha value is -4.16. The number of nitrogens with zero attached hydrogens (tertiary/aromatic N) is 2. The summed E-state index contributed by atoms with van der Waals surface area (Å²) in [5, 5.41) is 2.07. The molecule has 0 unspecified atom stereocenters. The van der Waals surface area contributed by atoms with E-state index in [1.165, 1.54) is 13.8 Å². The molecule has 0 radical (unpaired) electrons. The number of allylic oxidation sites excluding steroid dienone is 4. The zero-order valence-electron chi connectivity index (χ0n) is 26.4. The molecule has 0 N–H and O–H groups in total. The van der Waals surface area contributed by atoms with Crippen molar-refractivity contribution >= 4 is 57.0 Å². The number of methoxy groups -OCH3 is 4. The molecule has 0 saturated carbocycles. The zero-order valence-corrected chi connectivity index (χ0v) is 28.0. The smallest absolute Gasteiger partial charge is 0.302 e. The fourth-order valence-electron chi connectivity index (χ4n) is 4.78. The van der Waals surface area contributed by atoms with Crippen LogP contribution in [0.1, 0.15) is 31.7 Å². The normalized spacial score (nSPS) is 13.6. The Bertz CT molecular complexity index is 1610. The molecule has 2 heterocycles. The number of anilines is 1. The third-order valence-corrected chi connectivity index (χ3v) is 9.06. The first kappa shape index (κ1) is 33.7. The zero-order chi connectivity index (χ0) is 32.3. The standard InChI is InChI=1S/C33H39N2O8S2/c1-22(36)42-16-10-14-34-24-18-26(38-3)28(40-5)20-30(24)44-32(34)12-8-7-9-13-33-35(15-11-17-43-23(2)37)25-19-27(39-4)29(41-6)21-31(25)45-33/h7-9,12-13,18-21H,10-11,14-17H2,1-6H3/q+1. The molecule has 0 fully saturated rings. The second-order valence-electron chi connectivity index (χ2n) is 9.83. The summed E-state index contributed by atoms with van der Waals surface area (Å²) in [5.74, 6) is 2.07. The molecule has 0 bridgehead atoms. The molecule has 0 spiro atoms. The summed E-state index contributed by atoms with van der Waals surface area (Å²) >= 11 is 3.29. The van der Waals surface area contributed by atoms with Crippen molar-refractivity contribution in [2.45, 2.75) is 38.1 Å². The minimum Gasteiger partial charge on any atom is -0.493 e. The Morgan fingerprint density at radius 2 is 1.42 bits per heavy atom. The predicted molar refractivity (Wildman–Crippen MR) is 177 cm³/mol. The molecule has 1 aromatic heterocycles. The predicted octanol–water partition coefficient (Wildman–Crippen LogP) is 6.15. The first-order valence-electron chi connectivity index (χ1n) is 14.4. The lowest BCUT2D eigenvalue weighted by atomic mass is 10.2. The van der Waals surface area contributed by atoms with E-state index in [1.807, 2.05) is 42.5 Å². The molecular formula is C33H39N2O8S2+. The number of hydrogen-bond acceptors (Lipinski definition) is 11. The molecule has 45 heavy (non-hydrogen) atoms. The van der Waals surface area contributed by atoms with E-state index >= 15 is 0 Å². The van der Waals surface area contributed by atoms with Crippen molar-refractivity contribution in [3.05, 3.63) is 58.6 Å². The highest BCUT2D eigenvalue weighted by Gasteiger charge is 2.27. The van der Waals surface area contributed by atoms with Gasteiger partial charge >= 0.3 is 11.9 Å². The summed E-state index contributed by atoms with van der Waals surface area (Å²) < 4.78 is 35.7. The molecule has 2 aromatic carbocycles. The van der Waals surface area contributed by atoms with Crippen molar-refractivity contribution in [2.24, 2.45) is 0 Å². The number of benzene rings is 2. The molecule has 3 aromatic rings. The van der Waals surface area contributed by atoms with Crippen molar-refractivity contribution in [1.82, 2.24) is 0 Å². The Labute approximate surface area is 271 Å². The Morgan fingerprint density at radius 3 is 2.09 bits per heavy atom. The number of carbonyl (C=O) groups excluding carboxylic acids is 2. The maximum absolute atomic E-state index is 11.3. The molecule has 0 aliphatic carbocycles. The van der Waals surface area contributed by atoms with Crippen molar-refractivity contribution < 1.29 is 42.6 Å². The molecule has 12 heteroatoms. The number of ether oxygens (including phenoxy) is 6. The second kappa shape index (κ2) is 16.2. The van der Waals surface area contributed by atoms with E-state index in [0.29, 0.717) is 62.1 Å². The summed E-state index contributed by atoms with van der Waals surface area (Å²) in [4.78, 5) is 25.8. The second-order valence-corrected chi connectivity index (χ2v) is 12.0. The highest BCUT2D eigenvalue weighted by atomic mass is 32.2. The molecule has 240 valence electrons. The number of aromatic nitrogens is 1. The lowest BCUT2D eigenvalue weighted by Crippen LogP contribution is -2.35. The number of aryl methyl sites for hydroxylation is 1. The van der Waals surface area contributed by atoms with Gasteiger partial charge in [-0.3, -0.25) is 9.59 Å². The summed E-state index contributed by atoms with van der Waals surface area (Å²) in [6.45, 7) is 4.86. The van der Waals surface area contributed by atoms with Crippen molar-refractivity contribution in [1.29, 1.82) is 0 Å². The SMILES string of the molecule is COc1cc2c(cc1OC)N(CCCOC(C)=O)C(=CC=CC=Cc1sc3cc(OC)c(OC)cc3[n+]1CCCOC(C)=O)S2. The average Bonchev–Trinajstić information content (AvgIpc) is 3.55. The van der Waals surface area contributed by atoms with Gasteiger partial charge in [-0.15, -0.1) is 0 Å². The van der Waals surface area contributed by atoms with Crippen LogP contribution in [0.5, 0.6) is 23.0 Å². The number of rotatable bonds is 15. The first-order valence-corrected chi connectivity index (χ1v) is 16.0. The van der Waals surface area contributed by atoms with Crippen molar-refractivity contribution in [3.63, 3.8) is 0 Å². The fourth-order valence-corrected chi connectivity index (χ4v) is 7.01. The van der Waals surface area contributed by atoms with E-state index in [2.05, 4.69) is 21.6 Å². The van der Waals surface area contributed by atoms with E-state index in [1.54, 1.807) is 51.5 Å². The van der Waals surface area contributed by atoms with Gasteiger partial charge in [-0.05, 0) is 12.5 Å². The number of esters is 2. The van der Waals surface area contributed by atoms with Crippen LogP contribution >= 0.6 is 23.1 Å². The van der Waals surface area contributed by atoms with Gasteiger partial charge in [-0.2, -0.15) is 4.57 Å². The van der Waals surface area contributed by atoms with Gasteiger partial charge < -0.3 is 33.3 Å². The van der Waals surface area contributed by atoms with Crippen LogP contribution in [-0.4, -0.2) is 60.1 Å². The monoisotopic (exact) mass is 655 g/mol. The van der Waals surface area contributed by atoms with Gasteiger partial charge in [-0.25, -0.2) is 0 Å². The highest BCUT2D eigenvalue weighted by Crippen LogP contribution is 2.50. The van der Waals surface area contributed by atoms with E-state index < -0.39 is 0 Å². The van der Waals surface area contributed by atoms with Crippen molar-refractivity contribution in [2.75, 3.05) is 53.1 Å². The third kappa shape index (κ3) is 8.52. The molecule has 0 atom stereocenters. The topological polar surface area (TPSA) is 96.6 Å². The average molecular weight is 656 g/mol. The minimum absolute atomic E-state index is 0.286. The van der Waals surface area contributed by atoms with Crippen LogP contribution in [-0.2, 0) is 25.6 Å². The fraction of sp³-hybridized carbons (Fsp3) is 0.364. The number of thioether (sulfide) groups is 1. The van der Waals surface area contributed by atoms with E-state index in [4.69, 9.17) is 28.4 Å². The van der Waals surface area contributed by atoms with Gasteiger partial charge in [-0.1, -0.05) is 41.3 Å². The maximum atomic E-state index is 11.3. The van der Waals surface area contributed by atoms with Crippen molar-refractivity contribution in [3.8, 4) is 23.0 Å². The van der Waals surface area contributed by atoms with E-state index in [0.717, 1.165) is 30.8 Å². The van der Waals surface area contributed by atoms with Gasteiger partial charge in [0.15, 0.2) is 29.5 Å². The Balaban J connectivity index is 1.57. The third-order valence-electron chi connectivity index (χ3n) is 6.84. The van der Waals surface area contributed by atoms with Crippen LogP contribution in [0.4, 0.5) is 5.69 Å². The molecule has 0 saturated heterocycles. The van der Waals surface area contributed by atoms with Crippen LogP contribution in [0, 0.1) is 0 Å². The quantitative estimate of drug-likeness (QED) is 0.0821. The van der Waals surface area contributed by atoms with Gasteiger partial charge in [0, 0.05) is 56.0 Å². The number of hydrogen-bond donors (Lipinski definition) is 0. The summed E-state index contributed by atoms with van der Waals surface area (Å²) in [6.07, 6.45) is 11.5. The first-order chi connectivity index (χ1) is 21.8. The minimum atomic E-state index is -0.286. The van der Waals surface area contributed by atoms with Crippen LogP contribution in [0.25, 0.3) is 16.3 Å². The van der Waals surface area contributed by atoms with Gasteiger partial charge in [0.25, 0.3) is 5.01 Å². The highest BCUT2D eigenvalue weighted by molar-refractivity contribution is 8.03. The summed E-state index contributed by atoms with van der Waals surface area (Å²) in [5.41, 5.74) is 2.03. The molecule has 4 rings (SSSR count). The lowest BCUT2D eigenvalue weighted by Gasteiger charge is -2.21. The van der Waals surface area contributed by atoms with Gasteiger partial charge in [0.1, 0.15) is 4.70 Å². The summed E-state index contributed by atoms with van der Waals surface area (Å²) in [7, 11) is 6.49. The molecule has 1 aliphatic rings. The van der Waals surface area contributed by atoms with Crippen LogP contribution < -0.4 is 28.4 Å². The van der Waals surface area contributed by atoms with Crippen LogP contribution in [0.3, 0.4) is 0 Å². The molecular weight excluding hydrogens is 617 g/mol. The number of carbonyl (C=O) groups is 2. The summed E-state index contributed by atoms with van der Waals surface area (Å²) in [6, 6.07) is 7.91. The van der Waals surface area contributed by atoms with E-state index in [-0.39, 0.29) is 11.9 Å². The van der Waals surface area contributed by atoms with Gasteiger partial charge in [0.05, 0.1) is 58.4 Å². The number of thiazole rings is 1. The van der Waals surface area contributed by atoms with Gasteiger partial charge in [0.2, 0.25) is 5.52 Å². The molecule has 0 amide bonds. The number of fused-ring (bicyclic) bond motifs is 2. The lowest BCUT2D eigenvalue weighted by molar-refractivity contribution is -0.669. The Kier molecular flexibility index (Phi) is 12.2.